The molecule has 0 spiro atoms. The van der Waals surface area contributed by atoms with Crippen molar-refractivity contribution in [2.45, 2.75) is 44.6 Å². The minimum atomic E-state index is -0.292. The van der Waals surface area contributed by atoms with E-state index in [2.05, 4.69) is 0 Å². The molecule has 0 fully saturated rings. The van der Waals surface area contributed by atoms with E-state index in [-0.39, 0.29) is 11.8 Å². The van der Waals surface area contributed by atoms with Gasteiger partial charge in [-0.3, -0.25) is 4.79 Å². The van der Waals surface area contributed by atoms with E-state index in [1.807, 2.05) is 0 Å². The van der Waals surface area contributed by atoms with Gasteiger partial charge in [0.1, 0.15) is 5.78 Å². The summed E-state index contributed by atoms with van der Waals surface area (Å²) in [5.41, 5.74) is 16.4. The number of nitrogens with two attached hydrogens (primary N) is 3. The lowest BCUT2D eigenvalue weighted by atomic mass is 10.0. The summed E-state index contributed by atoms with van der Waals surface area (Å²) >= 11 is 0. The third-order valence-corrected chi connectivity index (χ3v) is 2.26. The smallest absolute Gasteiger partial charge is 0.149 e. The average Bonchev–Trinajstić information content (AvgIpc) is 2.18. The van der Waals surface area contributed by atoms with Crippen molar-refractivity contribution in [3.05, 3.63) is 0 Å². The van der Waals surface area contributed by atoms with Crippen LogP contribution in [0.25, 0.3) is 0 Å². The largest absolute Gasteiger partial charge is 0.330 e. The van der Waals surface area contributed by atoms with Gasteiger partial charge in [0.15, 0.2) is 0 Å². The zero-order chi connectivity index (χ0) is 10.8. The van der Waals surface area contributed by atoms with Crippen molar-refractivity contribution < 1.29 is 4.79 Å². The molecular formula is C10H23N3O. The lowest BCUT2D eigenvalue weighted by Crippen LogP contribution is -2.30. The van der Waals surface area contributed by atoms with Crippen LogP contribution in [0, 0.1) is 0 Å². The maximum atomic E-state index is 11.4. The molecule has 0 radical (unpaired) electrons. The number of unbranched alkanes of at least 4 members (excludes halogenated alkanes) is 2. The van der Waals surface area contributed by atoms with Crippen LogP contribution in [-0.4, -0.2) is 24.9 Å². The number of carbonyl (C=O) groups excluding carboxylic acids is 1. The van der Waals surface area contributed by atoms with Gasteiger partial charge in [0.05, 0.1) is 6.04 Å². The first-order valence-electron chi connectivity index (χ1n) is 5.40. The molecule has 0 bridgehead atoms. The van der Waals surface area contributed by atoms with Gasteiger partial charge in [-0.25, -0.2) is 0 Å². The van der Waals surface area contributed by atoms with Crippen molar-refractivity contribution >= 4 is 5.78 Å². The van der Waals surface area contributed by atoms with Gasteiger partial charge in [0.2, 0.25) is 0 Å². The molecule has 0 aromatic heterocycles. The summed E-state index contributed by atoms with van der Waals surface area (Å²) in [6, 6.07) is -0.292. The van der Waals surface area contributed by atoms with Crippen LogP contribution in [0.1, 0.15) is 38.5 Å². The minimum absolute atomic E-state index is 0.162. The van der Waals surface area contributed by atoms with Crippen LogP contribution < -0.4 is 17.2 Å². The molecule has 0 aromatic rings. The zero-order valence-electron chi connectivity index (χ0n) is 8.87. The van der Waals surface area contributed by atoms with Crippen LogP contribution in [0.4, 0.5) is 0 Å². The Morgan fingerprint density at radius 2 is 1.57 bits per heavy atom. The topological polar surface area (TPSA) is 95.1 Å². The molecule has 84 valence electrons. The van der Waals surface area contributed by atoms with E-state index in [0.29, 0.717) is 19.5 Å². The predicted octanol–water partition coefficient (Wildman–Crippen LogP) is 0.141. The van der Waals surface area contributed by atoms with Gasteiger partial charge in [0, 0.05) is 6.42 Å². The molecule has 0 heterocycles. The highest BCUT2D eigenvalue weighted by Gasteiger charge is 2.11. The standard InChI is InChI=1S/C10H23N3O/c11-7-3-1-5-9(13)10(14)6-2-4-8-12/h9H,1-8,11-13H2/t9-/m0/s1. The van der Waals surface area contributed by atoms with Crippen molar-refractivity contribution in [2.24, 2.45) is 17.2 Å². The van der Waals surface area contributed by atoms with Gasteiger partial charge in [-0.15, -0.1) is 0 Å². The van der Waals surface area contributed by atoms with E-state index in [1.54, 1.807) is 0 Å². The Morgan fingerprint density at radius 3 is 2.14 bits per heavy atom. The fourth-order valence-electron chi connectivity index (χ4n) is 1.30. The third-order valence-electron chi connectivity index (χ3n) is 2.26. The Bertz CT molecular complexity index is 150. The van der Waals surface area contributed by atoms with E-state index in [0.717, 1.165) is 32.1 Å². The Labute approximate surface area is 86.2 Å². The molecule has 0 aliphatic carbocycles. The second-order valence-corrected chi connectivity index (χ2v) is 3.60. The first-order valence-corrected chi connectivity index (χ1v) is 5.40. The van der Waals surface area contributed by atoms with E-state index >= 15 is 0 Å². The summed E-state index contributed by atoms with van der Waals surface area (Å²) in [4.78, 5) is 11.4. The molecule has 14 heavy (non-hydrogen) atoms. The highest BCUT2D eigenvalue weighted by atomic mass is 16.1. The molecule has 0 saturated carbocycles. The van der Waals surface area contributed by atoms with Crippen LogP contribution in [0.2, 0.25) is 0 Å². The maximum absolute atomic E-state index is 11.4. The predicted molar refractivity (Wildman–Crippen MR) is 58.8 cm³/mol. The van der Waals surface area contributed by atoms with E-state index < -0.39 is 0 Å². The molecule has 1 atom stereocenters. The first-order chi connectivity index (χ1) is 6.72. The van der Waals surface area contributed by atoms with Crippen LogP contribution in [0.3, 0.4) is 0 Å². The van der Waals surface area contributed by atoms with Crippen molar-refractivity contribution in [1.29, 1.82) is 0 Å². The molecule has 0 aromatic carbocycles. The lowest BCUT2D eigenvalue weighted by Gasteiger charge is -2.09. The fraction of sp³-hybridized carbons (Fsp3) is 0.900. The average molecular weight is 201 g/mol. The molecular weight excluding hydrogens is 178 g/mol. The highest BCUT2D eigenvalue weighted by molar-refractivity contribution is 5.83. The number of rotatable bonds is 9. The second kappa shape index (κ2) is 9.12. The first kappa shape index (κ1) is 13.5. The van der Waals surface area contributed by atoms with Crippen LogP contribution in [-0.2, 0) is 4.79 Å². The molecule has 0 unspecified atom stereocenters. The van der Waals surface area contributed by atoms with Crippen molar-refractivity contribution in [2.75, 3.05) is 13.1 Å². The van der Waals surface area contributed by atoms with Gasteiger partial charge in [0.25, 0.3) is 0 Å². The summed E-state index contributed by atoms with van der Waals surface area (Å²) in [6.07, 6.45) is 4.99. The molecule has 4 nitrogen and oxygen atoms in total. The van der Waals surface area contributed by atoms with Gasteiger partial charge in [-0.1, -0.05) is 6.42 Å². The van der Waals surface area contributed by atoms with Crippen molar-refractivity contribution in [3.63, 3.8) is 0 Å². The van der Waals surface area contributed by atoms with Crippen LogP contribution in [0.15, 0.2) is 0 Å². The summed E-state index contributed by atoms with van der Waals surface area (Å²) in [6.45, 7) is 1.32. The van der Waals surface area contributed by atoms with Gasteiger partial charge < -0.3 is 17.2 Å². The summed E-state index contributed by atoms with van der Waals surface area (Å²) < 4.78 is 0. The Kier molecular flexibility index (Phi) is 8.83. The number of hydrogen-bond acceptors (Lipinski definition) is 4. The Balaban J connectivity index is 3.44. The summed E-state index contributed by atoms with van der Waals surface area (Å²) in [7, 11) is 0. The quantitative estimate of drug-likeness (QED) is 0.462. The monoisotopic (exact) mass is 201 g/mol. The molecule has 0 aliphatic heterocycles. The molecule has 0 saturated heterocycles. The van der Waals surface area contributed by atoms with Crippen LogP contribution in [0.5, 0.6) is 0 Å². The minimum Gasteiger partial charge on any atom is -0.330 e. The van der Waals surface area contributed by atoms with E-state index in [4.69, 9.17) is 17.2 Å². The Hall–Kier alpha value is -0.450. The molecule has 0 aliphatic rings. The molecule has 6 N–H and O–H groups in total. The van der Waals surface area contributed by atoms with Gasteiger partial charge >= 0.3 is 0 Å². The molecule has 0 amide bonds. The van der Waals surface area contributed by atoms with Crippen LogP contribution >= 0.6 is 0 Å². The fourth-order valence-corrected chi connectivity index (χ4v) is 1.30. The maximum Gasteiger partial charge on any atom is 0.149 e. The van der Waals surface area contributed by atoms with Gasteiger partial charge in [-0.2, -0.15) is 0 Å². The number of ketones is 1. The number of Topliss-reactive ketones (excluding diaryl/α,β-unsaturated/α-hetero) is 1. The summed E-state index contributed by atoms with van der Waals surface area (Å²) in [5, 5.41) is 0. The third kappa shape index (κ3) is 7.00. The molecule has 4 heteroatoms. The zero-order valence-corrected chi connectivity index (χ0v) is 8.87. The summed E-state index contributed by atoms with van der Waals surface area (Å²) in [5.74, 6) is 0.162. The highest BCUT2D eigenvalue weighted by Crippen LogP contribution is 2.04. The second-order valence-electron chi connectivity index (χ2n) is 3.60. The van der Waals surface area contributed by atoms with E-state index in [1.165, 1.54) is 0 Å². The normalized spacial score (nSPS) is 12.8. The van der Waals surface area contributed by atoms with Crippen molar-refractivity contribution in [3.8, 4) is 0 Å². The number of carbonyl (C=O) groups is 1. The van der Waals surface area contributed by atoms with Crippen molar-refractivity contribution in [1.82, 2.24) is 0 Å². The number of hydrogen-bond donors (Lipinski definition) is 3. The Morgan fingerprint density at radius 1 is 1.00 bits per heavy atom. The van der Waals surface area contributed by atoms with E-state index in [9.17, 15) is 4.79 Å². The SMILES string of the molecule is NCCCCC(=O)[C@@H](N)CCCCN. The lowest BCUT2D eigenvalue weighted by molar-refractivity contribution is -0.120. The van der Waals surface area contributed by atoms with Gasteiger partial charge in [-0.05, 0) is 38.8 Å². The molecule has 0 rings (SSSR count).